The van der Waals surface area contributed by atoms with E-state index in [2.05, 4.69) is 20.8 Å². The van der Waals surface area contributed by atoms with Crippen LogP contribution in [0, 0.1) is 16.7 Å². The van der Waals surface area contributed by atoms with Crippen LogP contribution < -0.4 is 0 Å². The second kappa shape index (κ2) is 1.70. The van der Waals surface area contributed by atoms with Gasteiger partial charge in [0.2, 0.25) is 0 Å². The largest absolute Gasteiger partial charge is 0.299 e. The van der Waals surface area contributed by atoms with E-state index in [1.807, 2.05) is 0 Å². The van der Waals surface area contributed by atoms with Crippen LogP contribution in [0.15, 0.2) is 0 Å². The van der Waals surface area contributed by atoms with Gasteiger partial charge < -0.3 is 0 Å². The summed E-state index contributed by atoms with van der Waals surface area (Å²) in [5.74, 6) is 0.958. The minimum absolute atomic E-state index is 0.277. The third kappa shape index (κ3) is 1.02. The first-order valence-electron chi connectivity index (χ1n) is 4.46. The second-order valence-corrected chi connectivity index (χ2v) is 5.39. The van der Waals surface area contributed by atoms with E-state index >= 15 is 0 Å². The van der Waals surface area contributed by atoms with Gasteiger partial charge in [0.05, 0.1) is 0 Å². The molecule has 0 aromatic carbocycles. The molecule has 0 heterocycles. The van der Waals surface area contributed by atoms with Gasteiger partial charge in [-0.1, -0.05) is 20.8 Å². The maximum atomic E-state index is 11.5. The summed E-state index contributed by atoms with van der Waals surface area (Å²) in [4.78, 5) is 11.5. The topological polar surface area (TPSA) is 17.1 Å². The molecule has 2 fully saturated rings. The fraction of sp³-hybridized carbons (Fsp3) is 0.900. The molecule has 0 aromatic rings. The Bertz CT molecular complexity index is 214. The molecule has 0 amide bonds. The van der Waals surface area contributed by atoms with Crippen LogP contribution in [-0.2, 0) is 4.79 Å². The average molecular weight is 152 g/mol. The van der Waals surface area contributed by atoms with Crippen LogP contribution in [0.25, 0.3) is 0 Å². The summed E-state index contributed by atoms with van der Waals surface area (Å²) in [6, 6.07) is 0. The van der Waals surface area contributed by atoms with E-state index in [1.54, 1.807) is 0 Å². The quantitative estimate of drug-likeness (QED) is 0.521. The zero-order chi connectivity index (χ0) is 8.28. The van der Waals surface area contributed by atoms with E-state index in [0.717, 1.165) is 12.8 Å². The van der Waals surface area contributed by atoms with Crippen LogP contribution >= 0.6 is 0 Å². The van der Waals surface area contributed by atoms with Gasteiger partial charge in [-0.2, -0.15) is 0 Å². The molecule has 1 nitrogen and oxygen atoms in total. The third-order valence-electron chi connectivity index (χ3n) is 3.28. The summed E-state index contributed by atoms with van der Waals surface area (Å²) < 4.78 is 0. The van der Waals surface area contributed by atoms with E-state index in [4.69, 9.17) is 0 Å². The second-order valence-electron chi connectivity index (χ2n) is 5.39. The number of carbonyl (C=O) groups is 1. The van der Waals surface area contributed by atoms with Gasteiger partial charge in [0.1, 0.15) is 5.78 Å². The lowest BCUT2D eigenvalue weighted by Gasteiger charge is -2.32. The molecule has 2 aliphatic carbocycles. The van der Waals surface area contributed by atoms with Gasteiger partial charge >= 0.3 is 0 Å². The lowest BCUT2D eigenvalue weighted by atomic mass is 9.72. The van der Waals surface area contributed by atoms with E-state index in [1.165, 1.54) is 6.42 Å². The van der Waals surface area contributed by atoms with Crippen molar-refractivity contribution in [3.8, 4) is 0 Å². The minimum atomic E-state index is 0.277. The highest BCUT2D eigenvalue weighted by Crippen LogP contribution is 2.63. The maximum Gasteiger partial charge on any atom is 0.137 e. The number of Topliss-reactive ketones (excluding diaryl/α,β-unsaturated/α-hetero) is 1. The maximum absolute atomic E-state index is 11.5. The first-order chi connectivity index (χ1) is 4.93. The molecule has 2 unspecified atom stereocenters. The van der Waals surface area contributed by atoms with Crippen molar-refractivity contribution in [3.05, 3.63) is 0 Å². The van der Waals surface area contributed by atoms with Crippen LogP contribution in [0.5, 0.6) is 0 Å². The molecule has 0 saturated heterocycles. The van der Waals surface area contributed by atoms with E-state index < -0.39 is 0 Å². The van der Waals surface area contributed by atoms with Crippen molar-refractivity contribution in [2.45, 2.75) is 40.0 Å². The Morgan fingerprint density at radius 3 is 2.55 bits per heavy atom. The predicted octanol–water partition coefficient (Wildman–Crippen LogP) is 2.40. The highest BCUT2D eigenvalue weighted by atomic mass is 16.1. The lowest BCUT2D eigenvalue weighted by molar-refractivity contribution is -0.125. The summed E-state index contributed by atoms with van der Waals surface area (Å²) in [5.41, 5.74) is 0.678. The SMILES string of the molecule is CC1(C)CC(=O)C2CC2(C)C1. The number of hydrogen-bond donors (Lipinski definition) is 0. The van der Waals surface area contributed by atoms with Crippen molar-refractivity contribution in [1.82, 2.24) is 0 Å². The van der Waals surface area contributed by atoms with Gasteiger partial charge in [-0.05, 0) is 23.7 Å². The zero-order valence-corrected chi connectivity index (χ0v) is 7.61. The van der Waals surface area contributed by atoms with Gasteiger partial charge in [0.25, 0.3) is 0 Å². The Morgan fingerprint density at radius 2 is 2.00 bits per heavy atom. The smallest absolute Gasteiger partial charge is 0.137 e. The van der Waals surface area contributed by atoms with Crippen molar-refractivity contribution in [2.24, 2.45) is 16.7 Å². The van der Waals surface area contributed by atoms with Crippen LogP contribution in [0.1, 0.15) is 40.0 Å². The number of ketones is 1. The molecule has 62 valence electrons. The summed E-state index contributed by atoms with van der Waals surface area (Å²) in [5, 5.41) is 0. The third-order valence-corrected chi connectivity index (χ3v) is 3.28. The molecule has 11 heavy (non-hydrogen) atoms. The first-order valence-corrected chi connectivity index (χ1v) is 4.46. The van der Waals surface area contributed by atoms with Gasteiger partial charge in [0.15, 0.2) is 0 Å². The molecule has 0 N–H and O–H groups in total. The standard InChI is InChI=1S/C10H16O/c1-9(2)5-8(11)7-4-10(7,3)6-9/h7H,4-6H2,1-3H3. The summed E-state index contributed by atoms with van der Waals surface area (Å²) >= 11 is 0. The molecular weight excluding hydrogens is 136 g/mol. The molecule has 2 rings (SSSR count). The summed E-state index contributed by atoms with van der Waals surface area (Å²) in [6.07, 6.45) is 3.22. The van der Waals surface area contributed by atoms with Crippen LogP contribution in [0.2, 0.25) is 0 Å². The van der Waals surface area contributed by atoms with E-state index in [0.29, 0.717) is 17.1 Å². The van der Waals surface area contributed by atoms with Gasteiger partial charge in [0, 0.05) is 12.3 Å². The molecule has 1 heteroatoms. The van der Waals surface area contributed by atoms with Gasteiger partial charge in [-0.15, -0.1) is 0 Å². The van der Waals surface area contributed by atoms with Crippen molar-refractivity contribution in [3.63, 3.8) is 0 Å². The van der Waals surface area contributed by atoms with E-state index in [9.17, 15) is 4.79 Å². The Balaban J connectivity index is 2.21. The molecule has 0 aliphatic heterocycles. The van der Waals surface area contributed by atoms with Crippen molar-refractivity contribution in [1.29, 1.82) is 0 Å². The highest BCUT2D eigenvalue weighted by Gasteiger charge is 2.59. The molecule has 2 saturated carbocycles. The molecule has 0 spiro atoms. The number of hydrogen-bond acceptors (Lipinski definition) is 1. The monoisotopic (exact) mass is 152 g/mol. The Morgan fingerprint density at radius 1 is 1.36 bits per heavy atom. The number of carbonyl (C=O) groups excluding carboxylic acids is 1. The molecule has 0 radical (unpaired) electrons. The van der Waals surface area contributed by atoms with Crippen molar-refractivity contribution in [2.75, 3.05) is 0 Å². The van der Waals surface area contributed by atoms with Crippen LogP contribution in [0.4, 0.5) is 0 Å². The first kappa shape index (κ1) is 7.33. The molecule has 0 bridgehead atoms. The number of rotatable bonds is 0. The highest BCUT2D eigenvalue weighted by molar-refractivity contribution is 5.86. The van der Waals surface area contributed by atoms with Crippen LogP contribution in [-0.4, -0.2) is 5.78 Å². The fourth-order valence-corrected chi connectivity index (χ4v) is 2.86. The molecule has 2 aliphatic rings. The molecular formula is C10H16O. The Labute approximate surface area is 68.2 Å². The zero-order valence-electron chi connectivity index (χ0n) is 7.61. The minimum Gasteiger partial charge on any atom is -0.299 e. The lowest BCUT2D eigenvalue weighted by Crippen LogP contribution is -2.28. The predicted molar refractivity (Wildman–Crippen MR) is 44.2 cm³/mol. The molecule has 2 atom stereocenters. The Kier molecular flexibility index (Phi) is 1.13. The number of fused-ring (bicyclic) bond motifs is 1. The van der Waals surface area contributed by atoms with Crippen molar-refractivity contribution < 1.29 is 4.79 Å². The summed E-state index contributed by atoms with van der Waals surface area (Å²) in [7, 11) is 0. The van der Waals surface area contributed by atoms with E-state index in [-0.39, 0.29) is 5.41 Å². The average Bonchev–Trinajstić information content (AvgIpc) is 2.36. The van der Waals surface area contributed by atoms with Crippen LogP contribution in [0.3, 0.4) is 0 Å². The fourth-order valence-electron chi connectivity index (χ4n) is 2.86. The van der Waals surface area contributed by atoms with Crippen molar-refractivity contribution >= 4 is 5.78 Å². The normalized spacial score (nSPS) is 46.8. The van der Waals surface area contributed by atoms with Gasteiger partial charge in [-0.3, -0.25) is 4.79 Å². The summed E-state index contributed by atoms with van der Waals surface area (Å²) in [6.45, 7) is 6.69. The van der Waals surface area contributed by atoms with Gasteiger partial charge in [-0.25, -0.2) is 0 Å². The Hall–Kier alpha value is -0.330. The molecule has 0 aromatic heterocycles.